The topological polar surface area (TPSA) is 35.9 Å². The van der Waals surface area contributed by atoms with Crippen molar-refractivity contribution < 1.29 is 30.4 Å². The Hall–Kier alpha value is -5.77. The first kappa shape index (κ1) is 45.0. The number of hydrogen-bond donors (Lipinski definition) is 0. The molecule has 342 valence electrons. The van der Waals surface area contributed by atoms with Gasteiger partial charge in [-0.25, -0.2) is 4.98 Å². The molecule has 5 nitrogen and oxygen atoms in total. The molecular formula is C61H60N4OPt-2. The van der Waals surface area contributed by atoms with E-state index in [2.05, 4.69) is 220 Å². The van der Waals surface area contributed by atoms with Crippen LogP contribution in [0.4, 0.5) is 0 Å². The average molecular weight is 1060 g/mol. The molecule has 9 aromatic rings. The van der Waals surface area contributed by atoms with Gasteiger partial charge in [0.1, 0.15) is 5.82 Å². The van der Waals surface area contributed by atoms with Gasteiger partial charge in [-0.1, -0.05) is 155 Å². The van der Waals surface area contributed by atoms with Crippen LogP contribution in [0.25, 0.3) is 55.5 Å². The number of hydrogen-bond acceptors (Lipinski definition) is 2. The van der Waals surface area contributed by atoms with Gasteiger partial charge < -0.3 is 18.4 Å². The molecule has 1 aliphatic heterocycles. The third-order valence-electron chi connectivity index (χ3n) is 14.4. The third kappa shape index (κ3) is 6.65. The molecule has 0 N–H and O–H groups in total. The molecular weight excluding hydrogens is 1000 g/mol. The number of fused-ring (bicyclic) bond motifs is 12. The maximum absolute atomic E-state index is 6.93. The molecule has 1 spiro atoms. The van der Waals surface area contributed by atoms with Crippen molar-refractivity contribution in [2.45, 2.75) is 117 Å². The van der Waals surface area contributed by atoms with Crippen LogP contribution >= 0.6 is 0 Å². The molecule has 67 heavy (non-hydrogen) atoms. The summed E-state index contributed by atoms with van der Waals surface area (Å²) in [5, 5.41) is 2.24. The van der Waals surface area contributed by atoms with Crippen LogP contribution in [-0.4, -0.2) is 14.1 Å². The first-order valence-electron chi connectivity index (χ1n) is 23.5. The molecule has 0 atom stereocenters. The fourth-order valence-electron chi connectivity index (χ4n) is 11.1. The van der Waals surface area contributed by atoms with Gasteiger partial charge in [0, 0.05) is 49.7 Å². The number of aromatic nitrogens is 4. The van der Waals surface area contributed by atoms with Crippen molar-refractivity contribution >= 4 is 32.8 Å². The van der Waals surface area contributed by atoms with Gasteiger partial charge in [-0.3, -0.25) is 0 Å². The first-order valence-corrected chi connectivity index (χ1v) is 23.5. The quantitative estimate of drug-likeness (QED) is 0.131. The van der Waals surface area contributed by atoms with Crippen LogP contribution in [0, 0.1) is 25.4 Å². The standard InChI is InChI=1S/C61H60N4O.Pt/c1-36-26-27-62-53(28-36)65-49-20-16-15-18-41(49)42-24-22-39(33-51(42)65)66-40-23-25-45-52(34-40)64-35-63(14)50-21-17-19-46(56(50)64)61(45)54-43(29-37(57(2,3)4)31-47(54)59(8,9)10)44-30-38(58(5,6)7)32-48(55(44)61)60(11,12)13;/h15-32H,1-14H3;/q-2;. The summed E-state index contributed by atoms with van der Waals surface area (Å²) >= 11 is 0. The maximum Gasteiger partial charge on any atom is 0.242 e. The number of pyridine rings is 1. The number of para-hydroxylation sites is 2. The SMILES string of the molecule is Cc1ccnc(-n2c3[c-]c(Oc4[c-]c5c(cc4)C4(c6c(cc(C(C)(C)C)cc6C(C)(C)C)-c6cc(C(C)(C)C)cc(C(C)(C)C)c64)c4cccc6c4n-5[c-][n+]6C)ccc3c3ccccc32)c1.[Pt]. The number of rotatable bonds is 3. The molecule has 0 fully saturated rings. The smallest absolute Gasteiger partial charge is 0.242 e. The van der Waals surface area contributed by atoms with E-state index < -0.39 is 5.41 Å². The van der Waals surface area contributed by atoms with Crippen molar-refractivity contribution in [1.29, 1.82) is 0 Å². The minimum Gasteiger partial charge on any atom is -0.510 e. The van der Waals surface area contributed by atoms with E-state index in [0.29, 0.717) is 11.5 Å². The summed E-state index contributed by atoms with van der Waals surface area (Å²) in [6.07, 6.45) is 5.61. The molecule has 0 bridgehead atoms. The minimum atomic E-state index is -0.686. The Morgan fingerprint density at radius 3 is 1.84 bits per heavy atom. The third-order valence-corrected chi connectivity index (χ3v) is 14.4. The number of ether oxygens (including phenoxy) is 1. The van der Waals surface area contributed by atoms with E-state index in [-0.39, 0.29) is 42.7 Å². The van der Waals surface area contributed by atoms with E-state index >= 15 is 0 Å². The zero-order chi connectivity index (χ0) is 46.6. The number of nitrogens with zero attached hydrogens (tertiary/aromatic N) is 4. The molecule has 0 radical (unpaired) electrons. The van der Waals surface area contributed by atoms with Gasteiger partial charge in [0.15, 0.2) is 0 Å². The van der Waals surface area contributed by atoms with Gasteiger partial charge in [-0.15, -0.1) is 35.2 Å². The summed E-state index contributed by atoms with van der Waals surface area (Å²) in [7, 11) is 2.11. The molecule has 2 aliphatic rings. The minimum absolute atomic E-state index is 0. The number of aryl methyl sites for hydroxylation is 2. The Morgan fingerprint density at radius 2 is 1.22 bits per heavy atom. The van der Waals surface area contributed by atoms with Crippen LogP contribution in [0.1, 0.15) is 133 Å². The van der Waals surface area contributed by atoms with Crippen molar-refractivity contribution in [2.75, 3.05) is 0 Å². The van der Waals surface area contributed by atoms with Gasteiger partial charge in [0.2, 0.25) is 6.33 Å². The molecule has 4 heterocycles. The monoisotopic (exact) mass is 1060 g/mol. The molecule has 0 amide bonds. The average Bonchev–Trinajstić information content (AvgIpc) is 3.87. The van der Waals surface area contributed by atoms with Crippen molar-refractivity contribution in [3.8, 4) is 34.1 Å². The molecule has 6 heteroatoms. The van der Waals surface area contributed by atoms with Crippen molar-refractivity contribution in [3.63, 3.8) is 0 Å². The van der Waals surface area contributed by atoms with Crippen molar-refractivity contribution in [1.82, 2.24) is 14.1 Å². The fourth-order valence-corrected chi connectivity index (χ4v) is 11.1. The van der Waals surface area contributed by atoms with E-state index in [0.717, 1.165) is 49.9 Å². The molecule has 0 unspecified atom stereocenters. The Bertz CT molecular complexity index is 3440. The predicted molar refractivity (Wildman–Crippen MR) is 270 cm³/mol. The Morgan fingerprint density at radius 1 is 0.612 bits per heavy atom. The van der Waals surface area contributed by atoms with Crippen LogP contribution in [0.15, 0.2) is 109 Å². The largest absolute Gasteiger partial charge is 0.510 e. The predicted octanol–water partition coefficient (Wildman–Crippen LogP) is 14.3. The van der Waals surface area contributed by atoms with E-state index in [4.69, 9.17) is 9.72 Å². The molecule has 0 saturated carbocycles. The van der Waals surface area contributed by atoms with Gasteiger partial charge in [-0.05, 0) is 108 Å². The van der Waals surface area contributed by atoms with Gasteiger partial charge in [0.25, 0.3) is 0 Å². The fraction of sp³-hybridized carbons (Fsp3) is 0.311. The summed E-state index contributed by atoms with van der Waals surface area (Å²) in [5.74, 6) is 2.08. The summed E-state index contributed by atoms with van der Waals surface area (Å²) in [6, 6.07) is 45.9. The van der Waals surface area contributed by atoms with Crippen LogP contribution in [0.2, 0.25) is 0 Å². The van der Waals surface area contributed by atoms with Crippen LogP contribution < -0.4 is 9.30 Å². The van der Waals surface area contributed by atoms with Crippen LogP contribution in [0.3, 0.4) is 0 Å². The van der Waals surface area contributed by atoms with Crippen LogP contribution in [-0.2, 0) is 55.2 Å². The molecule has 6 aromatic carbocycles. The molecule has 3 aromatic heterocycles. The van der Waals surface area contributed by atoms with Crippen LogP contribution in [0.5, 0.6) is 11.5 Å². The Kier molecular flexibility index (Phi) is 9.99. The second-order valence-electron chi connectivity index (χ2n) is 23.1. The number of imidazole rings is 1. The summed E-state index contributed by atoms with van der Waals surface area (Å²) in [4.78, 5) is 4.81. The maximum atomic E-state index is 6.93. The van der Waals surface area contributed by atoms with Gasteiger partial charge in [0.05, 0.1) is 18.1 Å². The zero-order valence-electron chi connectivity index (χ0n) is 41.4. The van der Waals surface area contributed by atoms with E-state index in [1.165, 1.54) is 55.6 Å². The van der Waals surface area contributed by atoms with Gasteiger partial charge in [-0.2, -0.15) is 12.1 Å². The molecule has 0 saturated heterocycles. The van der Waals surface area contributed by atoms with Crippen molar-refractivity contribution in [2.24, 2.45) is 7.05 Å². The van der Waals surface area contributed by atoms with E-state index in [9.17, 15) is 0 Å². The second kappa shape index (κ2) is 14.9. The number of benzene rings is 6. The first-order chi connectivity index (χ1) is 31.1. The molecule has 11 rings (SSSR count). The van der Waals surface area contributed by atoms with E-state index in [1.807, 2.05) is 18.3 Å². The Labute approximate surface area is 411 Å². The second-order valence-corrected chi connectivity index (χ2v) is 23.1. The normalized spacial score (nSPS) is 14.1. The molecule has 1 aliphatic carbocycles. The summed E-state index contributed by atoms with van der Waals surface area (Å²) in [6.45, 7) is 30.6. The Balaban J connectivity index is 0.00000525. The summed E-state index contributed by atoms with van der Waals surface area (Å²) in [5.41, 5.74) is 18.5. The van der Waals surface area contributed by atoms with E-state index in [1.54, 1.807) is 0 Å². The van der Waals surface area contributed by atoms with Gasteiger partial charge >= 0.3 is 0 Å². The summed E-state index contributed by atoms with van der Waals surface area (Å²) < 4.78 is 13.5. The van der Waals surface area contributed by atoms with Crippen molar-refractivity contribution in [3.05, 3.63) is 178 Å². The zero-order valence-corrected chi connectivity index (χ0v) is 43.7.